The van der Waals surface area contributed by atoms with Crippen molar-refractivity contribution in [3.05, 3.63) is 90.0 Å². The minimum absolute atomic E-state index is 0.0368. The van der Waals surface area contributed by atoms with Crippen LogP contribution in [0.3, 0.4) is 0 Å². The predicted octanol–water partition coefficient (Wildman–Crippen LogP) is 4.28. The number of ketones is 1. The number of nitrogens with zero attached hydrogens (tertiary/aromatic N) is 1. The van der Waals surface area contributed by atoms with Gasteiger partial charge in [0.2, 0.25) is 15.8 Å². The summed E-state index contributed by atoms with van der Waals surface area (Å²) in [4.78, 5) is 26.0. The minimum atomic E-state index is -3.78. The molecule has 0 aliphatic rings. The van der Waals surface area contributed by atoms with E-state index in [4.69, 9.17) is 11.2 Å². The monoisotopic (exact) mass is 500 g/mol. The van der Waals surface area contributed by atoms with Crippen LogP contribution in [0.4, 0.5) is 0 Å². The maximum absolute atomic E-state index is 13.4. The number of sulfonamides is 1. The van der Waals surface area contributed by atoms with Crippen LogP contribution >= 0.6 is 0 Å². The number of nitrogens with one attached hydrogen (secondary N) is 1. The molecule has 3 aromatic carbocycles. The Morgan fingerprint density at radius 3 is 2.31 bits per heavy atom. The summed E-state index contributed by atoms with van der Waals surface area (Å²) < 4.78 is 34.0. The van der Waals surface area contributed by atoms with Gasteiger partial charge in [0.05, 0.1) is 28.3 Å². The van der Waals surface area contributed by atoms with Crippen molar-refractivity contribution in [2.45, 2.75) is 18.4 Å². The van der Waals surface area contributed by atoms with Gasteiger partial charge >= 0.3 is 5.97 Å². The van der Waals surface area contributed by atoms with Crippen LogP contribution in [0.5, 0.6) is 0 Å². The zero-order chi connectivity index (χ0) is 25.7. The molecule has 1 N–H and O–H groups in total. The molecule has 0 bridgehead atoms. The third-order valence-electron chi connectivity index (χ3n) is 5.71. The third-order valence-corrected chi connectivity index (χ3v) is 7.13. The highest BCUT2D eigenvalue weighted by Crippen LogP contribution is 2.34. The Kier molecular flexibility index (Phi) is 7.34. The van der Waals surface area contributed by atoms with Crippen molar-refractivity contribution in [3.8, 4) is 23.6 Å². The van der Waals surface area contributed by atoms with Crippen LogP contribution in [0, 0.1) is 12.3 Å². The number of fused-ring (bicyclic) bond motifs is 1. The molecular formula is C28H24N2O5S. The smallest absolute Gasteiger partial charge is 0.338 e. The van der Waals surface area contributed by atoms with Gasteiger partial charge in [0, 0.05) is 17.4 Å². The van der Waals surface area contributed by atoms with Gasteiger partial charge in [0.25, 0.3) is 0 Å². The van der Waals surface area contributed by atoms with Crippen molar-refractivity contribution < 1.29 is 22.7 Å². The van der Waals surface area contributed by atoms with Gasteiger partial charge in [-0.1, -0.05) is 54.5 Å². The van der Waals surface area contributed by atoms with E-state index in [1.807, 2.05) is 61.5 Å². The van der Waals surface area contributed by atoms with Gasteiger partial charge < -0.3 is 9.30 Å². The lowest BCUT2D eigenvalue weighted by Gasteiger charge is -2.11. The van der Waals surface area contributed by atoms with Gasteiger partial charge in [0.15, 0.2) is 6.61 Å². The SMILES string of the molecule is C#CCNS(=O)(=O)c1ccc(C(=O)OCC(=O)c2c(-c3ccccc3)n(CC)c3ccccc23)cc1. The van der Waals surface area contributed by atoms with E-state index in [9.17, 15) is 18.0 Å². The first kappa shape index (κ1) is 24.9. The van der Waals surface area contributed by atoms with E-state index in [0.29, 0.717) is 12.1 Å². The number of para-hydroxylation sites is 1. The Hall–Kier alpha value is -4.19. The number of aromatic nitrogens is 1. The first-order valence-electron chi connectivity index (χ1n) is 11.3. The Labute approximate surface area is 209 Å². The summed E-state index contributed by atoms with van der Waals surface area (Å²) in [5.41, 5.74) is 3.20. The summed E-state index contributed by atoms with van der Waals surface area (Å²) in [6.07, 6.45) is 5.09. The van der Waals surface area contributed by atoms with Crippen LogP contribution in [-0.2, 0) is 21.3 Å². The van der Waals surface area contributed by atoms with Crippen molar-refractivity contribution in [2.24, 2.45) is 0 Å². The molecule has 0 atom stereocenters. The molecule has 0 spiro atoms. The third kappa shape index (κ3) is 4.93. The minimum Gasteiger partial charge on any atom is -0.454 e. The predicted molar refractivity (Wildman–Crippen MR) is 138 cm³/mol. The molecule has 182 valence electrons. The zero-order valence-corrected chi connectivity index (χ0v) is 20.4. The van der Waals surface area contributed by atoms with Gasteiger partial charge in [-0.25, -0.2) is 13.2 Å². The number of rotatable bonds is 9. The van der Waals surface area contributed by atoms with Crippen LogP contribution in [-0.4, -0.2) is 37.9 Å². The molecule has 0 saturated carbocycles. The van der Waals surface area contributed by atoms with Crippen LogP contribution in [0.25, 0.3) is 22.2 Å². The number of aryl methyl sites for hydroxylation is 1. The number of carbonyl (C=O) groups excluding carboxylic acids is 2. The van der Waals surface area contributed by atoms with E-state index in [0.717, 1.165) is 22.2 Å². The fourth-order valence-corrected chi connectivity index (χ4v) is 5.02. The number of esters is 1. The zero-order valence-electron chi connectivity index (χ0n) is 19.6. The second-order valence-corrected chi connectivity index (χ2v) is 9.67. The van der Waals surface area contributed by atoms with Crippen molar-refractivity contribution in [1.29, 1.82) is 0 Å². The molecule has 0 saturated heterocycles. The maximum Gasteiger partial charge on any atom is 0.338 e. The quantitative estimate of drug-likeness (QED) is 0.210. The second-order valence-electron chi connectivity index (χ2n) is 7.90. The Morgan fingerprint density at radius 2 is 1.64 bits per heavy atom. The van der Waals surface area contributed by atoms with E-state index in [2.05, 4.69) is 15.2 Å². The number of hydrogen-bond donors (Lipinski definition) is 1. The van der Waals surface area contributed by atoms with Gasteiger partial charge in [-0.2, -0.15) is 4.72 Å². The molecule has 0 aliphatic carbocycles. The molecule has 4 aromatic rings. The molecule has 0 fully saturated rings. The molecular weight excluding hydrogens is 476 g/mol. The first-order valence-corrected chi connectivity index (χ1v) is 12.8. The van der Waals surface area contributed by atoms with E-state index < -0.39 is 22.6 Å². The summed E-state index contributed by atoms with van der Waals surface area (Å²) >= 11 is 0. The standard InChI is InChI=1S/C28H24N2O5S/c1-3-18-29-36(33,34)22-16-14-21(15-17-22)28(32)35-19-25(31)26-23-12-8-9-13-24(23)30(4-2)27(26)20-10-6-5-7-11-20/h1,5-17,29H,4,18-19H2,2H3. The number of carbonyl (C=O) groups is 2. The van der Waals surface area contributed by atoms with Crippen LogP contribution in [0.15, 0.2) is 83.8 Å². The average molecular weight is 501 g/mol. The molecule has 4 rings (SSSR count). The molecule has 7 nitrogen and oxygen atoms in total. The van der Waals surface area contributed by atoms with Crippen molar-refractivity contribution in [1.82, 2.24) is 9.29 Å². The molecule has 0 amide bonds. The highest BCUT2D eigenvalue weighted by Gasteiger charge is 2.24. The summed E-state index contributed by atoms with van der Waals surface area (Å²) in [6.45, 7) is 2.07. The summed E-state index contributed by atoms with van der Waals surface area (Å²) in [7, 11) is -3.78. The lowest BCUT2D eigenvalue weighted by atomic mass is 10.0. The largest absolute Gasteiger partial charge is 0.454 e. The molecule has 8 heteroatoms. The fraction of sp³-hybridized carbons (Fsp3) is 0.143. The lowest BCUT2D eigenvalue weighted by molar-refractivity contribution is 0.0475. The number of Topliss-reactive ketones (excluding diaryl/α,β-unsaturated/α-hetero) is 1. The average Bonchev–Trinajstić information content (AvgIpc) is 3.25. The van der Waals surface area contributed by atoms with Gasteiger partial charge in [-0.3, -0.25) is 4.79 Å². The Bertz CT molecular complexity index is 1560. The summed E-state index contributed by atoms with van der Waals surface area (Å²) in [6, 6.07) is 22.5. The fourth-order valence-electron chi connectivity index (χ4n) is 4.09. The van der Waals surface area contributed by atoms with Gasteiger partial charge in [0.1, 0.15) is 0 Å². The molecule has 0 radical (unpaired) electrons. The molecule has 1 aromatic heterocycles. The van der Waals surface area contributed by atoms with Gasteiger partial charge in [-0.15, -0.1) is 6.42 Å². The number of benzene rings is 3. The van der Waals surface area contributed by atoms with Crippen molar-refractivity contribution in [2.75, 3.05) is 13.2 Å². The molecule has 1 heterocycles. The van der Waals surface area contributed by atoms with E-state index in [-0.39, 0.29) is 22.8 Å². The van der Waals surface area contributed by atoms with Gasteiger partial charge in [-0.05, 0) is 42.8 Å². The lowest BCUT2D eigenvalue weighted by Crippen LogP contribution is -2.24. The summed E-state index contributed by atoms with van der Waals surface area (Å²) in [5.74, 6) is 1.13. The highest BCUT2D eigenvalue weighted by atomic mass is 32.2. The molecule has 0 unspecified atom stereocenters. The van der Waals surface area contributed by atoms with Crippen LogP contribution in [0.1, 0.15) is 27.6 Å². The number of ether oxygens (including phenoxy) is 1. The number of hydrogen-bond acceptors (Lipinski definition) is 5. The number of terminal acetylenes is 1. The molecule has 36 heavy (non-hydrogen) atoms. The van der Waals surface area contributed by atoms with E-state index in [1.165, 1.54) is 24.3 Å². The van der Waals surface area contributed by atoms with Crippen LogP contribution < -0.4 is 4.72 Å². The maximum atomic E-state index is 13.4. The van der Waals surface area contributed by atoms with E-state index in [1.54, 1.807) is 0 Å². The first-order chi connectivity index (χ1) is 17.4. The normalized spacial score (nSPS) is 11.2. The van der Waals surface area contributed by atoms with Crippen molar-refractivity contribution in [3.63, 3.8) is 0 Å². The second kappa shape index (κ2) is 10.6. The topological polar surface area (TPSA) is 94.5 Å². The summed E-state index contributed by atoms with van der Waals surface area (Å²) in [5, 5.41) is 0.785. The Balaban J connectivity index is 1.59. The van der Waals surface area contributed by atoms with E-state index >= 15 is 0 Å². The Morgan fingerprint density at radius 1 is 0.972 bits per heavy atom. The van der Waals surface area contributed by atoms with Crippen molar-refractivity contribution >= 4 is 32.7 Å². The highest BCUT2D eigenvalue weighted by molar-refractivity contribution is 7.89. The van der Waals surface area contributed by atoms with Crippen LogP contribution in [0.2, 0.25) is 0 Å². The molecule has 0 aliphatic heterocycles.